The number of amides is 3. The maximum Gasteiger partial charge on any atom is 0.518 e. The highest BCUT2D eigenvalue weighted by Crippen LogP contribution is 2.27. The third kappa shape index (κ3) is 5.61. The van der Waals surface area contributed by atoms with E-state index in [2.05, 4.69) is 20.9 Å². The zero-order valence-electron chi connectivity index (χ0n) is 20.4. The Kier molecular flexibility index (Phi) is 7.47. The van der Waals surface area contributed by atoms with E-state index in [0.29, 0.717) is 25.1 Å². The van der Waals surface area contributed by atoms with Gasteiger partial charge in [-0.25, -0.2) is 4.79 Å². The highest BCUT2D eigenvalue weighted by atomic mass is 16.6. The lowest BCUT2D eigenvalue weighted by Crippen LogP contribution is -2.48. The van der Waals surface area contributed by atoms with Crippen LogP contribution in [0.1, 0.15) is 55.4 Å². The summed E-state index contributed by atoms with van der Waals surface area (Å²) in [5.41, 5.74) is 1.02. The van der Waals surface area contributed by atoms with E-state index >= 15 is 0 Å². The van der Waals surface area contributed by atoms with Crippen molar-refractivity contribution in [2.45, 2.75) is 45.2 Å². The first-order chi connectivity index (χ1) is 17.2. The first kappa shape index (κ1) is 25.1. The summed E-state index contributed by atoms with van der Waals surface area (Å²) in [6, 6.07) is 5.47. The predicted molar refractivity (Wildman–Crippen MR) is 129 cm³/mol. The molecule has 0 saturated carbocycles. The number of carbonyl (C=O) groups excluding carboxylic acids is 3. The summed E-state index contributed by atoms with van der Waals surface area (Å²) in [5.74, 6) is -1.45. The fourth-order valence-corrected chi connectivity index (χ4v) is 4.44. The average Bonchev–Trinajstić information content (AvgIpc) is 3.57. The van der Waals surface area contributed by atoms with Gasteiger partial charge >= 0.3 is 5.82 Å². The van der Waals surface area contributed by atoms with E-state index in [-0.39, 0.29) is 35.6 Å². The predicted octanol–water partition coefficient (Wildman–Crippen LogP) is 2.25. The van der Waals surface area contributed by atoms with Crippen LogP contribution in [0.15, 0.2) is 44.2 Å². The fourth-order valence-electron chi connectivity index (χ4n) is 4.44. The number of aromatic nitrogens is 1. The SMILES string of the molecule is COc1cccc2[nH]c(C(=O)NC(CC(C)C)C(=O)NC(C[C@@H]3CCNC3=O)c3coc(=O)o3)cc12. The van der Waals surface area contributed by atoms with Gasteiger partial charge in [0.05, 0.1) is 13.2 Å². The number of rotatable bonds is 10. The van der Waals surface area contributed by atoms with Gasteiger partial charge in [-0.3, -0.25) is 14.4 Å². The molecule has 11 nitrogen and oxygen atoms in total. The summed E-state index contributed by atoms with van der Waals surface area (Å²) in [6.45, 7) is 4.42. The molecule has 0 aliphatic carbocycles. The Labute approximate surface area is 206 Å². The first-order valence-electron chi connectivity index (χ1n) is 11.9. The van der Waals surface area contributed by atoms with Crippen molar-refractivity contribution in [2.75, 3.05) is 13.7 Å². The van der Waals surface area contributed by atoms with Gasteiger partial charge in [0.2, 0.25) is 11.8 Å². The molecular weight excluding hydrogens is 468 g/mol. The third-order valence-electron chi connectivity index (χ3n) is 6.23. The molecular formula is C25H30N4O7. The Hall–Kier alpha value is -4.02. The van der Waals surface area contributed by atoms with Gasteiger partial charge in [-0.15, -0.1) is 0 Å². The number of benzene rings is 1. The normalized spacial score (nSPS) is 17.1. The summed E-state index contributed by atoms with van der Waals surface area (Å²) in [5, 5.41) is 9.16. The van der Waals surface area contributed by atoms with E-state index in [1.165, 1.54) is 0 Å². The number of carbonyl (C=O) groups is 3. The van der Waals surface area contributed by atoms with Crippen molar-refractivity contribution in [3.63, 3.8) is 0 Å². The van der Waals surface area contributed by atoms with Crippen LogP contribution in [0, 0.1) is 11.8 Å². The fraction of sp³-hybridized carbons (Fsp3) is 0.440. The van der Waals surface area contributed by atoms with Crippen molar-refractivity contribution in [2.24, 2.45) is 11.8 Å². The Morgan fingerprint density at radius 2 is 2.03 bits per heavy atom. The highest BCUT2D eigenvalue weighted by Gasteiger charge is 2.33. The molecule has 3 aromatic rings. The van der Waals surface area contributed by atoms with E-state index in [4.69, 9.17) is 13.6 Å². The minimum absolute atomic E-state index is 0.0924. The molecule has 3 atom stereocenters. The Balaban J connectivity index is 1.53. The van der Waals surface area contributed by atoms with Crippen LogP contribution in [-0.2, 0) is 9.59 Å². The molecule has 2 aromatic heterocycles. The minimum Gasteiger partial charge on any atom is -0.496 e. The van der Waals surface area contributed by atoms with E-state index < -0.39 is 29.7 Å². The quantitative estimate of drug-likeness (QED) is 0.334. The van der Waals surface area contributed by atoms with Crippen molar-refractivity contribution in [3.8, 4) is 5.75 Å². The molecule has 192 valence electrons. The van der Waals surface area contributed by atoms with E-state index in [1.54, 1.807) is 19.2 Å². The molecule has 1 fully saturated rings. The first-order valence-corrected chi connectivity index (χ1v) is 11.9. The van der Waals surface area contributed by atoms with E-state index in [0.717, 1.165) is 17.2 Å². The molecule has 2 unspecified atom stereocenters. The van der Waals surface area contributed by atoms with Gasteiger partial charge in [-0.2, -0.15) is 0 Å². The zero-order chi connectivity index (χ0) is 25.8. The van der Waals surface area contributed by atoms with Crippen molar-refractivity contribution < 1.29 is 28.0 Å². The van der Waals surface area contributed by atoms with Gasteiger partial charge in [-0.1, -0.05) is 19.9 Å². The summed E-state index contributed by atoms with van der Waals surface area (Å²) in [7, 11) is 1.55. The number of hydrogen-bond acceptors (Lipinski definition) is 7. The lowest BCUT2D eigenvalue weighted by molar-refractivity contribution is -0.126. The van der Waals surface area contributed by atoms with Crippen LogP contribution in [0.4, 0.5) is 0 Å². The standard InChI is InChI=1S/C25H30N4O7/c1-13(2)9-18(29-24(32)19-11-15-16(27-19)5-4-6-20(15)34-3)23(31)28-17(21-12-35-25(33)36-21)10-14-7-8-26-22(14)30/h4-6,11-14,17-18,27H,7-10H2,1-3H3,(H,26,30)(H,28,31)(H,29,32)/t14-,17?,18?/m0/s1. The van der Waals surface area contributed by atoms with Crippen molar-refractivity contribution in [1.82, 2.24) is 20.9 Å². The molecule has 1 aliphatic rings. The number of ether oxygens (including phenoxy) is 1. The van der Waals surface area contributed by atoms with Crippen molar-refractivity contribution >= 4 is 28.6 Å². The molecule has 3 amide bonds. The van der Waals surface area contributed by atoms with Gasteiger partial charge in [-0.05, 0) is 43.4 Å². The number of nitrogens with one attached hydrogen (secondary N) is 4. The van der Waals surface area contributed by atoms with Gasteiger partial charge in [0, 0.05) is 23.4 Å². The van der Waals surface area contributed by atoms with Crippen LogP contribution in [0.3, 0.4) is 0 Å². The van der Waals surface area contributed by atoms with Crippen LogP contribution >= 0.6 is 0 Å². The number of H-pyrrole nitrogens is 1. The topological polar surface area (TPSA) is 156 Å². The van der Waals surface area contributed by atoms with Crippen LogP contribution in [0.5, 0.6) is 5.75 Å². The maximum absolute atomic E-state index is 13.4. The van der Waals surface area contributed by atoms with Gasteiger partial charge in [0.1, 0.15) is 23.7 Å². The largest absolute Gasteiger partial charge is 0.518 e. The molecule has 0 radical (unpaired) electrons. The minimum atomic E-state index is -0.901. The molecule has 4 N–H and O–H groups in total. The molecule has 4 rings (SSSR count). The Morgan fingerprint density at radius 3 is 2.67 bits per heavy atom. The molecule has 1 aromatic carbocycles. The molecule has 0 spiro atoms. The van der Waals surface area contributed by atoms with Gasteiger partial charge in [0.15, 0.2) is 5.76 Å². The van der Waals surface area contributed by atoms with E-state index in [1.807, 2.05) is 26.0 Å². The monoisotopic (exact) mass is 498 g/mol. The van der Waals surface area contributed by atoms with Crippen LogP contribution < -0.4 is 26.5 Å². The summed E-state index contributed by atoms with van der Waals surface area (Å²) >= 11 is 0. The lowest BCUT2D eigenvalue weighted by atomic mass is 9.96. The number of hydrogen-bond donors (Lipinski definition) is 4. The number of aromatic amines is 1. The molecule has 3 heterocycles. The second kappa shape index (κ2) is 10.7. The Morgan fingerprint density at radius 1 is 1.22 bits per heavy atom. The smallest absolute Gasteiger partial charge is 0.496 e. The van der Waals surface area contributed by atoms with Crippen LogP contribution in [0.2, 0.25) is 0 Å². The average molecular weight is 499 g/mol. The van der Waals surface area contributed by atoms with Crippen LogP contribution in [0.25, 0.3) is 10.9 Å². The van der Waals surface area contributed by atoms with E-state index in [9.17, 15) is 19.2 Å². The summed E-state index contributed by atoms with van der Waals surface area (Å²) in [6.07, 6.45) is 2.33. The third-order valence-corrected chi connectivity index (χ3v) is 6.23. The van der Waals surface area contributed by atoms with Gasteiger partial charge in [0.25, 0.3) is 5.91 Å². The zero-order valence-corrected chi connectivity index (χ0v) is 20.4. The lowest BCUT2D eigenvalue weighted by Gasteiger charge is -2.24. The molecule has 1 aliphatic heterocycles. The summed E-state index contributed by atoms with van der Waals surface area (Å²) in [4.78, 5) is 53.1. The Bertz CT molecular complexity index is 1300. The van der Waals surface area contributed by atoms with Gasteiger partial charge < -0.3 is 34.5 Å². The van der Waals surface area contributed by atoms with Crippen LogP contribution in [-0.4, -0.2) is 42.4 Å². The maximum atomic E-state index is 13.4. The van der Waals surface area contributed by atoms with Crippen molar-refractivity contribution in [1.29, 1.82) is 0 Å². The van der Waals surface area contributed by atoms with Crippen molar-refractivity contribution in [3.05, 3.63) is 52.6 Å². The number of fused-ring (bicyclic) bond motifs is 1. The molecule has 0 bridgehead atoms. The molecule has 36 heavy (non-hydrogen) atoms. The summed E-state index contributed by atoms with van der Waals surface area (Å²) < 4.78 is 15.2. The molecule has 1 saturated heterocycles. The number of methoxy groups -OCH3 is 1. The molecule has 11 heteroatoms. The second-order valence-electron chi connectivity index (χ2n) is 9.32. The highest BCUT2D eigenvalue weighted by molar-refractivity contribution is 6.01. The second-order valence-corrected chi connectivity index (χ2v) is 9.32.